The molecular weight excluding hydrogens is 252 g/mol. The Balaban J connectivity index is 1.95. The van der Waals surface area contributed by atoms with Crippen LogP contribution in [0.25, 0.3) is 0 Å². The molecular formula is C16H22N2O2. The van der Waals surface area contributed by atoms with Crippen LogP contribution in [0.4, 0.5) is 11.4 Å². The van der Waals surface area contributed by atoms with Gasteiger partial charge in [0, 0.05) is 30.3 Å². The summed E-state index contributed by atoms with van der Waals surface area (Å²) in [5, 5.41) is 14.4. The number of nitro benzene ring substituents is 1. The van der Waals surface area contributed by atoms with Gasteiger partial charge in [-0.3, -0.25) is 10.1 Å². The number of fused-ring (bicyclic) bond motifs is 1. The van der Waals surface area contributed by atoms with Gasteiger partial charge < -0.3 is 5.32 Å². The zero-order valence-corrected chi connectivity index (χ0v) is 12.2. The number of nitrogens with zero attached hydrogens (tertiary/aromatic N) is 1. The number of hydrogen-bond donors (Lipinski definition) is 1. The van der Waals surface area contributed by atoms with Crippen LogP contribution in [0.1, 0.15) is 51.0 Å². The van der Waals surface area contributed by atoms with Crippen molar-refractivity contribution < 1.29 is 4.92 Å². The first-order valence-corrected chi connectivity index (χ1v) is 7.51. The molecule has 0 aromatic heterocycles. The average molecular weight is 274 g/mol. The van der Waals surface area contributed by atoms with E-state index in [0.717, 1.165) is 17.8 Å². The number of rotatable bonds is 2. The first kappa shape index (κ1) is 13.4. The number of nitrogens with one attached hydrogen (secondary N) is 1. The largest absolute Gasteiger partial charge is 0.384 e. The summed E-state index contributed by atoms with van der Waals surface area (Å²) in [6.45, 7) is 5.63. The molecule has 0 radical (unpaired) electrons. The third-order valence-corrected chi connectivity index (χ3v) is 5.23. The van der Waals surface area contributed by atoms with Gasteiger partial charge in [-0.2, -0.15) is 0 Å². The SMILES string of the molecule is CC1(C)CCCCC1C1CNc2ccc([N+](=O)[O-])cc21. The van der Waals surface area contributed by atoms with Crippen molar-refractivity contribution in [1.29, 1.82) is 0 Å². The molecule has 2 atom stereocenters. The van der Waals surface area contributed by atoms with E-state index in [2.05, 4.69) is 19.2 Å². The van der Waals surface area contributed by atoms with E-state index >= 15 is 0 Å². The van der Waals surface area contributed by atoms with Gasteiger partial charge in [-0.15, -0.1) is 0 Å². The van der Waals surface area contributed by atoms with Crippen molar-refractivity contribution in [2.24, 2.45) is 11.3 Å². The van der Waals surface area contributed by atoms with E-state index in [1.54, 1.807) is 12.1 Å². The minimum atomic E-state index is -0.290. The molecule has 1 fully saturated rings. The van der Waals surface area contributed by atoms with Crippen LogP contribution in [0.3, 0.4) is 0 Å². The topological polar surface area (TPSA) is 55.2 Å². The molecule has 0 amide bonds. The molecule has 2 aliphatic rings. The molecule has 2 unspecified atom stereocenters. The highest BCUT2D eigenvalue weighted by molar-refractivity contribution is 5.61. The number of non-ortho nitro benzene ring substituents is 1. The van der Waals surface area contributed by atoms with Gasteiger partial charge in [-0.05, 0) is 35.8 Å². The lowest BCUT2D eigenvalue weighted by Gasteiger charge is -2.42. The van der Waals surface area contributed by atoms with Gasteiger partial charge in [-0.1, -0.05) is 26.7 Å². The zero-order valence-electron chi connectivity index (χ0n) is 12.2. The predicted octanol–water partition coefficient (Wildman–Crippen LogP) is 4.32. The Morgan fingerprint density at radius 1 is 1.35 bits per heavy atom. The molecule has 1 saturated carbocycles. The lowest BCUT2D eigenvalue weighted by molar-refractivity contribution is -0.384. The third kappa shape index (κ3) is 2.17. The quantitative estimate of drug-likeness (QED) is 0.645. The molecule has 1 aliphatic carbocycles. The molecule has 0 bridgehead atoms. The molecule has 1 aromatic carbocycles. The number of nitro groups is 1. The van der Waals surface area contributed by atoms with Gasteiger partial charge in [0.15, 0.2) is 0 Å². The molecule has 4 heteroatoms. The second kappa shape index (κ2) is 4.76. The summed E-state index contributed by atoms with van der Waals surface area (Å²) in [6, 6.07) is 5.24. The van der Waals surface area contributed by atoms with Crippen LogP contribution in [-0.2, 0) is 0 Å². The fourth-order valence-corrected chi connectivity index (χ4v) is 4.09. The summed E-state index contributed by atoms with van der Waals surface area (Å²) >= 11 is 0. The van der Waals surface area contributed by atoms with Crippen LogP contribution in [0.5, 0.6) is 0 Å². The Morgan fingerprint density at radius 3 is 2.85 bits per heavy atom. The minimum Gasteiger partial charge on any atom is -0.384 e. The molecule has 108 valence electrons. The Kier molecular flexibility index (Phi) is 3.19. The first-order valence-electron chi connectivity index (χ1n) is 7.51. The highest BCUT2D eigenvalue weighted by Crippen LogP contribution is 2.51. The maximum atomic E-state index is 11.0. The van der Waals surface area contributed by atoms with E-state index in [0.29, 0.717) is 17.3 Å². The minimum absolute atomic E-state index is 0.214. The monoisotopic (exact) mass is 274 g/mol. The summed E-state index contributed by atoms with van der Waals surface area (Å²) in [5.41, 5.74) is 2.78. The molecule has 1 N–H and O–H groups in total. The standard InChI is InChI=1S/C16H22N2O2/c1-16(2)8-4-3-5-14(16)13-10-17-15-7-6-11(18(19)20)9-12(13)15/h6-7,9,13-14,17H,3-5,8,10H2,1-2H3. The van der Waals surface area contributed by atoms with E-state index in [9.17, 15) is 10.1 Å². The van der Waals surface area contributed by atoms with Crippen LogP contribution in [0.15, 0.2) is 18.2 Å². The maximum Gasteiger partial charge on any atom is 0.269 e. The van der Waals surface area contributed by atoms with Crippen LogP contribution in [-0.4, -0.2) is 11.5 Å². The fourth-order valence-electron chi connectivity index (χ4n) is 4.09. The normalized spacial score (nSPS) is 27.7. The van der Waals surface area contributed by atoms with E-state index in [4.69, 9.17) is 0 Å². The molecule has 20 heavy (non-hydrogen) atoms. The maximum absolute atomic E-state index is 11.0. The Labute approximate surface area is 119 Å². The van der Waals surface area contributed by atoms with Gasteiger partial charge in [0.25, 0.3) is 5.69 Å². The van der Waals surface area contributed by atoms with Crippen molar-refractivity contribution in [3.63, 3.8) is 0 Å². The third-order valence-electron chi connectivity index (χ3n) is 5.23. The van der Waals surface area contributed by atoms with Crippen molar-refractivity contribution >= 4 is 11.4 Å². The van der Waals surface area contributed by atoms with Gasteiger partial charge in [-0.25, -0.2) is 0 Å². The highest BCUT2D eigenvalue weighted by atomic mass is 16.6. The van der Waals surface area contributed by atoms with Crippen LogP contribution in [0.2, 0.25) is 0 Å². The summed E-state index contributed by atoms with van der Waals surface area (Å²) in [6.07, 6.45) is 5.10. The van der Waals surface area contributed by atoms with Crippen LogP contribution in [0, 0.1) is 21.4 Å². The zero-order chi connectivity index (χ0) is 14.3. The highest BCUT2D eigenvalue weighted by Gasteiger charge is 2.41. The van der Waals surface area contributed by atoms with Crippen molar-refractivity contribution in [1.82, 2.24) is 0 Å². The molecule has 1 heterocycles. The molecule has 1 aliphatic heterocycles. The van der Waals surface area contributed by atoms with E-state index in [-0.39, 0.29) is 10.6 Å². The fraction of sp³-hybridized carbons (Fsp3) is 0.625. The summed E-state index contributed by atoms with van der Waals surface area (Å²) < 4.78 is 0. The van der Waals surface area contributed by atoms with Gasteiger partial charge >= 0.3 is 0 Å². The van der Waals surface area contributed by atoms with Crippen molar-refractivity contribution in [3.05, 3.63) is 33.9 Å². The average Bonchev–Trinajstić information content (AvgIpc) is 2.81. The van der Waals surface area contributed by atoms with Crippen molar-refractivity contribution in [3.8, 4) is 0 Å². The van der Waals surface area contributed by atoms with Crippen molar-refractivity contribution in [2.45, 2.75) is 45.4 Å². The predicted molar refractivity (Wildman–Crippen MR) is 80.1 cm³/mol. The lowest BCUT2D eigenvalue weighted by Crippen LogP contribution is -2.33. The smallest absolute Gasteiger partial charge is 0.269 e. The van der Waals surface area contributed by atoms with Gasteiger partial charge in [0.2, 0.25) is 0 Å². The van der Waals surface area contributed by atoms with E-state index in [1.807, 2.05) is 6.07 Å². The Hall–Kier alpha value is -1.58. The molecule has 3 rings (SSSR count). The van der Waals surface area contributed by atoms with E-state index in [1.165, 1.54) is 25.7 Å². The van der Waals surface area contributed by atoms with Crippen LogP contribution < -0.4 is 5.32 Å². The summed E-state index contributed by atoms with van der Waals surface area (Å²) in [4.78, 5) is 10.7. The Bertz CT molecular complexity index is 539. The van der Waals surface area contributed by atoms with E-state index < -0.39 is 0 Å². The second-order valence-electron chi connectivity index (χ2n) is 6.86. The number of anilines is 1. The summed E-state index contributed by atoms with van der Waals surface area (Å²) in [7, 11) is 0. The molecule has 0 spiro atoms. The molecule has 0 saturated heterocycles. The lowest BCUT2D eigenvalue weighted by atomic mass is 9.63. The van der Waals surface area contributed by atoms with Crippen molar-refractivity contribution in [2.75, 3.05) is 11.9 Å². The summed E-state index contributed by atoms with van der Waals surface area (Å²) in [5.74, 6) is 1.03. The number of benzene rings is 1. The number of hydrogen-bond acceptors (Lipinski definition) is 3. The molecule has 1 aromatic rings. The van der Waals surface area contributed by atoms with Crippen LogP contribution >= 0.6 is 0 Å². The van der Waals surface area contributed by atoms with Gasteiger partial charge in [0.1, 0.15) is 0 Å². The second-order valence-corrected chi connectivity index (χ2v) is 6.86. The first-order chi connectivity index (χ1) is 9.49. The van der Waals surface area contributed by atoms with Gasteiger partial charge in [0.05, 0.1) is 4.92 Å². The molecule has 4 nitrogen and oxygen atoms in total. The Morgan fingerprint density at radius 2 is 2.15 bits per heavy atom.